The Labute approximate surface area is 222 Å². The molecule has 2 aromatic carbocycles. The molecule has 4 aromatic rings. The first kappa shape index (κ1) is 23.1. The van der Waals surface area contributed by atoms with Gasteiger partial charge in [0.05, 0.1) is 29.6 Å². The third kappa shape index (κ3) is 4.44. The van der Waals surface area contributed by atoms with Crippen molar-refractivity contribution in [2.24, 2.45) is 4.99 Å². The van der Waals surface area contributed by atoms with Crippen molar-refractivity contribution in [3.05, 3.63) is 70.7 Å². The fourth-order valence-corrected chi connectivity index (χ4v) is 5.91. The molecule has 2 aromatic heterocycles. The first-order chi connectivity index (χ1) is 18.7. The smallest absolute Gasteiger partial charge is 0.317 e. The highest BCUT2D eigenvalue weighted by molar-refractivity contribution is 7.16. The number of hydrogen-bond donors (Lipinski definition) is 2. The highest BCUT2D eigenvalue weighted by Gasteiger charge is 2.33. The molecule has 38 heavy (non-hydrogen) atoms. The number of fused-ring (bicyclic) bond motifs is 1. The third-order valence-electron chi connectivity index (χ3n) is 6.73. The van der Waals surface area contributed by atoms with Crippen LogP contribution in [0.2, 0.25) is 0 Å². The van der Waals surface area contributed by atoms with E-state index in [9.17, 15) is 4.79 Å². The van der Waals surface area contributed by atoms with Crippen molar-refractivity contribution in [2.75, 3.05) is 41.8 Å². The van der Waals surface area contributed by atoms with Crippen LogP contribution in [0.3, 0.4) is 0 Å². The Balaban J connectivity index is 1.21. The zero-order valence-electron chi connectivity index (χ0n) is 20.5. The number of nitrogens with zero attached hydrogens (tertiary/aromatic N) is 5. The number of aromatic nitrogens is 3. The summed E-state index contributed by atoms with van der Waals surface area (Å²) in [4.78, 5) is 25.1. The van der Waals surface area contributed by atoms with Crippen LogP contribution in [-0.2, 0) is 9.53 Å². The van der Waals surface area contributed by atoms with Crippen molar-refractivity contribution in [3.8, 4) is 11.6 Å². The number of benzene rings is 2. The number of carbonyl (C=O) groups is 1. The van der Waals surface area contributed by atoms with Crippen LogP contribution in [-0.4, -0.2) is 59.3 Å². The number of anilines is 3. The van der Waals surface area contributed by atoms with E-state index in [1.807, 2.05) is 54.6 Å². The van der Waals surface area contributed by atoms with E-state index in [1.54, 1.807) is 11.3 Å². The van der Waals surface area contributed by atoms with Gasteiger partial charge in [0.25, 0.3) is 11.8 Å². The van der Waals surface area contributed by atoms with Crippen LogP contribution in [0.5, 0.6) is 0 Å². The number of morpholine rings is 1. The average molecular weight is 528 g/mol. The summed E-state index contributed by atoms with van der Waals surface area (Å²) in [5.41, 5.74) is 3.82. The van der Waals surface area contributed by atoms with E-state index in [1.165, 1.54) is 0 Å². The number of thiazole rings is 1. The summed E-state index contributed by atoms with van der Waals surface area (Å²) in [6.45, 7) is 2.93. The van der Waals surface area contributed by atoms with E-state index in [2.05, 4.69) is 25.7 Å². The molecular formula is C27H25N7O3S. The number of amides is 1. The van der Waals surface area contributed by atoms with Gasteiger partial charge in [0.15, 0.2) is 5.69 Å². The lowest BCUT2D eigenvalue weighted by atomic mass is 10.0. The molecule has 2 fully saturated rings. The number of aliphatic imine (C=N–C) groups is 1. The molecule has 0 spiro atoms. The molecule has 0 radical (unpaired) electrons. The molecule has 192 valence electrons. The molecule has 11 heteroatoms. The number of hydrogen-bond acceptors (Lipinski definition) is 10. The summed E-state index contributed by atoms with van der Waals surface area (Å²) in [5.74, 6) is 0.514. The lowest BCUT2D eigenvalue weighted by molar-refractivity contribution is -0.116. The Hall–Kier alpha value is -4.09. The highest BCUT2D eigenvalue weighted by Crippen LogP contribution is 2.47. The summed E-state index contributed by atoms with van der Waals surface area (Å²) < 4.78 is 11.6. The summed E-state index contributed by atoms with van der Waals surface area (Å²) in [7, 11) is 0. The maximum Gasteiger partial charge on any atom is 0.317 e. The van der Waals surface area contributed by atoms with Crippen molar-refractivity contribution < 1.29 is 13.9 Å². The first-order valence-corrected chi connectivity index (χ1v) is 13.5. The van der Waals surface area contributed by atoms with Crippen LogP contribution in [0.25, 0.3) is 11.6 Å². The Morgan fingerprint density at radius 1 is 1.00 bits per heavy atom. The molecule has 1 saturated heterocycles. The molecule has 1 atom stereocenters. The van der Waals surface area contributed by atoms with Gasteiger partial charge in [-0.2, -0.15) is 0 Å². The van der Waals surface area contributed by atoms with Crippen LogP contribution in [0.1, 0.15) is 34.9 Å². The van der Waals surface area contributed by atoms with Gasteiger partial charge in [-0.15, -0.1) is 16.4 Å². The average Bonchev–Trinajstić information content (AvgIpc) is 3.58. The van der Waals surface area contributed by atoms with Gasteiger partial charge in [0.2, 0.25) is 6.17 Å². The molecule has 0 bridgehead atoms. The van der Waals surface area contributed by atoms with Gasteiger partial charge in [-0.25, -0.2) is 9.98 Å². The molecule has 7 rings (SSSR count). The van der Waals surface area contributed by atoms with Crippen molar-refractivity contribution >= 4 is 39.7 Å². The summed E-state index contributed by atoms with van der Waals surface area (Å²) in [5, 5.41) is 16.6. The number of para-hydroxylation sites is 1. The highest BCUT2D eigenvalue weighted by atomic mass is 32.1. The maximum absolute atomic E-state index is 13.2. The van der Waals surface area contributed by atoms with Crippen molar-refractivity contribution in [1.29, 1.82) is 0 Å². The minimum Gasteiger partial charge on any atom is -0.402 e. The van der Waals surface area contributed by atoms with Crippen molar-refractivity contribution in [1.82, 2.24) is 15.2 Å². The zero-order valence-corrected chi connectivity index (χ0v) is 21.3. The Morgan fingerprint density at radius 3 is 2.61 bits per heavy atom. The van der Waals surface area contributed by atoms with Gasteiger partial charge in [-0.3, -0.25) is 4.79 Å². The third-order valence-corrected chi connectivity index (χ3v) is 8.01. The second-order valence-corrected chi connectivity index (χ2v) is 10.4. The van der Waals surface area contributed by atoms with Gasteiger partial charge >= 0.3 is 6.01 Å². The lowest BCUT2D eigenvalue weighted by Gasteiger charge is -2.27. The van der Waals surface area contributed by atoms with E-state index in [4.69, 9.17) is 19.1 Å². The van der Waals surface area contributed by atoms with E-state index in [0.717, 1.165) is 47.1 Å². The molecule has 1 saturated carbocycles. The summed E-state index contributed by atoms with van der Waals surface area (Å²) in [6.07, 6.45) is 1.35. The monoisotopic (exact) mass is 527 g/mol. The fraction of sp³-hybridized carbons (Fsp3) is 0.296. The SMILES string of the molecule is O=C1Nc2ccccc2C(c2ccccc2)=NC1Nc1nnc(-c2nc(C3CC3)sc2N2CCOCC2)o1. The first-order valence-electron chi connectivity index (χ1n) is 12.7. The van der Waals surface area contributed by atoms with Crippen molar-refractivity contribution in [3.63, 3.8) is 0 Å². The molecule has 2 aliphatic heterocycles. The Bertz CT molecular complexity index is 1510. The van der Waals surface area contributed by atoms with Crippen LogP contribution in [0.4, 0.5) is 16.7 Å². The van der Waals surface area contributed by atoms with E-state index in [0.29, 0.717) is 42.1 Å². The molecule has 1 unspecified atom stereocenters. The molecule has 4 heterocycles. The predicted octanol–water partition coefficient (Wildman–Crippen LogP) is 4.13. The van der Waals surface area contributed by atoms with E-state index in [-0.39, 0.29) is 11.9 Å². The number of nitrogens with one attached hydrogen (secondary N) is 2. The standard InChI is InChI=1S/C27H25N7O3S/c35-23-22(29-20(16-6-2-1-3-7-16)18-8-4-5-9-19(18)28-23)31-27-33-32-24(37-27)21-26(34-12-14-36-15-13-34)38-25(30-21)17-10-11-17/h1-9,17,22H,10-15H2,(H,28,35)(H,31,33). The molecular weight excluding hydrogens is 502 g/mol. The molecule has 1 aliphatic carbocycles. The van der Waals surface area contributed by atoms with Crippen LogP contribution in [0, 0.1) is 0 Å². The summed E-state index contributed by atoms with van der Waals surface area (Å²) in [6, 6.07) is 17.5. The van der Waals surface area contributed by atoms with Gasteiger partial charge < -0.3 is 24.7 Å². The minimum absolute atomic E-state index is 0.108. The summed E-state index contributed by atoms with van der Waals surface area (Å²) >= 11 is 1.70. The molecule has 2 N–H and O–H groups in total. The number of ether oxygens (including phenoxy) is 1. The van der Waals surface area contributed by atoms with Gasteiger partial charge in [-0.05, 0) is 18.9 Å². The van der Waals surface area contributed by atoms with Crippen LogP contribution < -0.4 is 15.5 Å². The quantitative estimate of drug-likeness (QED) is 0.384. The van der Waals surface area contributed by atoms with Gasteiger partial charge in [0.1, 0.15) is 5.00 Å². The van der Waals surface area contributed by atoms with Gasteiger partial charge in [0, 0.05) is 30.1 Å². The predicted molar refractivity (Wildman–Crippen MR) is 145 cm³/mol. The lowest BCUT2D eigenvalue weighted by Crippen LogP contribution is -2.36. The largest absolute Gasteiger partial charge is 0.402 e. The molecule has 3 aliphatic rings. The Morgan fingerprint density at radius 2 is 1.79 bits per heavy atom. The topological polar surface area (TPSA) is 118 Å². The Kier molecular flexibility index (Phi) is 5.86. The number of rotatable bonds is 6. The second-order valence-electron chi connectivity index (χ2n) is 9.42. The number of carbonyl (C=O) groups excluding carboxylic acids is 1. The normalized spacial score (nSPS) is 19.4. The maximum atomic E-state index is 13.2. The van der Waals surface area contributed by atoms with Crippen LogP contribution in [0.15, 0.2) is 64.0 Å². The number of benzodiazepines with no additional fused rings is 1. The molecule has 1 amide bonds. The van der Waals surface area contributed by atoms with E-state index < -0.39 is 6.17 Å². The fourth-order valence-electron chi connectivity index (χ4n) is 4.63. The van der Waals surface area contributed by atoms with Crippen molar-refractivity contribution in [2.45, 2.75) is 24.9 Å². The van der Waals surface area contributed by atoms with Gasteiger partial charge in [-0.1, -0.05) is 53.6 Å². The van der Waals surface area contributed by atoms with Crippen LogP contribution >= 0.6 is 11.3 Å². The molecule has 10 nitrogen and oxygen atoms in total. The minimum atomic E-state index is -0.970. The zero-order chi connectivity index (χ0) is 25.5. The van der Waals surface area contributed by atoms with E-state index >= 15 is 0 Å². The second kappa shape index (κ2) is 9.66.